The van der Waals surface area contributed by atoms with Gasteiger partial charge in [0.2, 0.25) is 0 Å². The van der Waals surface area contributed by atoms with E-state index >= 15 is 0 Å². The minimum atomic E-state index is -1.92. The Hall–Kier alpha value is -1.43. The lowest BCUT2D eigenvalue weighted by molar-refractivity contribution is 0.222. The molecule has 0 amide bonds. The van der Waals surface area contributed by atoms with Gasteiger partial charge in [0.25, 0.3) is 0 Å². The lowest BCUT2D eigenvalue weighted by Gasteiger charge is -2.32. The van der Waals surface area contributed by atoms with Crippen LogP contribution >= 0.6 is 0 Å². The number of aliphatic hydroxyl groups excluding tert-OH is 1. The van der Waals surface area contributed by atoms with Crippen LogP contribution in [-0.4, -0.2) is 21.3 Å². The smallest absolute Gasteiger partial charge is 0.110 e. The highest BCUT2D eigenvalue weighted by Crippen LogP contribution is 2.31. The molecule has 0 aliphatic rings. The number of benzene rings is 2. The maximum Gasteiger partial charge on any atom is 0.110 e. The quantitative estimate of drug-likeness (QED) is 0.784. The normalized spacial score (nSPS) is 14.6. The Balaban J connectivity index is 2.53. The highest BCUT2D eigenvalue weighted by molar-refractivity contribution is 6.97. The summed E-state index contributed by atoms with van der Waals surface area (Å²) in [7, 11) is -3.36. The Morgan fingerprint density at radius 1 is 0.826 bits per heavy atom. The van der Waals surface area contributed by atoms with Crippen LogP contribution in [0, 0.1) is 0 Å². The Morgan fingerprint density at radius 2 is 1.30 bits per heavy atom. The van der Waals surface area contributed by atoms with E-state index in [1.165, 1.54) is 10.4 Å². The van der Waals surface area contributed by atoms with Crippen LogP contribution in [0.15, 0.2) is 71.6 Å². The summed E-state index contributed by atoms with van der Waals surface area (Å²) in [6, 6.07) is 20.7. The molecule has 0 bridgehead atoms. The fraction of sp³-hybridized carbons (Fsp3) is 0.300. The first-order chi connectivity index (χ1) is 10.7. The molecule has 0 saturated heterocycles. The summed E-state index contributed by atoms with van der Waals surface area (Å²) in [5.41, 5.74) is 3.41. The van der Waals surface area contributed by atoms with Gasteiger partial charge in [0.15, 0.2) is 0 Å². The molecule has 122 valence electrons. The van der Waals surface area contributed by atoms with E-state index in [0.717, 1.165) is 5.56 Å². The second-order valence-corrected chi connectivity index (χ2v) is 17.2. The zero-order valence-electron chi connectivity index (χ0n) is 14.9. The average molecular weight is 341 g/mol. The third-order valence-corrected chi connectivity index (χ3v) is 9.32. The first-order valence-corrected chi connectivity index (χ1v) is 14.8. The highest BCUT2D eigenvalue weighted by Gasteiger charge is 2.34. The minimum absolute atomic E-state index is 0.509. The molecule has 0 heterocycles. The van der Waals surface area contributed by atoms with Gasteiger partial charge < -0.3 is 5.11 Å². The maximum atomic E-state index is 11.1. The molecule has 0 fully saturated rings. The van der Waals surface area contributed by atoms with Crippen LogP contribution in [0.1, 0.15) is 11.7 Å². The SMILES string of the molecule is C[Si](C)(C)/C=C(\C(O)c1ccccc1)[Si](C)(C)c1ccccc1. The largest absolute Gasteiger partial charge is 0.384 e. The molecule has 3 heteroatoms. The summed E-state index contributed by atoms with van der Waals surface area (Å²) in [5.74, 6) is 0. The Kier molecular flexibility index (Phi) is 5.45. The van der Waals surface area contributed by atoms with Gasteiger partial charge >= 0.3 is 0 Å². The fourth-order valence-electron chi connectivity index (χ4n) is 2.90. The maximum absolute atomic E-state index is 11.1. The second kappa shape index (κ2) is 6.99. The monoisotopic (exact) mass is 340 g/mol. The van der Waals surface area contributed by atoms with Gasteiger partial charge in [-0.1, -0.05) is 109 Å². The molecule has 1 unspecified atom stereocenters. The summed E-state index contributed by atoms with van der Waals surface area (Å²) in [6.07, 6.45) is -0.509. The number of hydrogen-bond donors (Lipinski definition) is 1. The number of hydrogen-bond acceptors (Lipinski definition) is 1. The molecule has 0 aliphatic carbocycles. The zero-order chi connectivity index (χ0) is 17.1. The van der Waals surface area contributed by atoms with E-state index in [0.29, 0.717) is 0 Å². The lowest BCUT2D eigenvalue weighted by atomic mass is 10.1. The van der Waals surface area contributed by atoms with Gasteiger partial charge in [-0.25, -0.2) is 0 Å². The Bertz CT molecular complexity index is 655. The predicted molar refractivity (Wildman–Crippen MR) is 106 cm³/mol. The van der Waals surface area contributed by atoms with Crippen LogP contribution in [0.2, 0.25) is 32.7 Å². The standard InChI is InChI=1S/C20H28OSi2/c1-22(2,3)16-19(20(21)17-12-8-6-9-13-17)23(4,5)18-14-10-7-11-15-18/h6-16,20-21H,1-5H3/b19-16+. The van der Waals surface area contributed by atoms with Crippen molar-refractivity contribution in [1.82, 2.24) is 0 Å². The topological polar surface area (TPSA) is 20.2 Å². The summed E-state index contributed by atoms with van der Waals surface area (Å²) in [5, 5.41) is 13.7. The van der Waals surface area contributed by atoms with Crippen LogP contribution in [0.5, 0.6) is 0 Å². The van der Waals surface area contributed by atoms with Crippen LogP contribution in [0.4, 0.5) is 0 Å². The van der Waals surface area contributed by atoms with Gasteiger partial charge in [-0.3, -0.25) is 0 Å². The lowest BCUT2D eigenvalue weighted by Crippen LogP contribution is -2.46. The summed E-state index contributed by atoms with van der Waals surface area (Å²) >= 11 is 0. The number of aliphatic hydroxyl groups is 1. The van der Waals surface area contributed by atoms with E-state index in [2.05, 4.69) is 68.8 Å². The second-order valence-electron chi connectivity index (χ2n) is 7.77. The van der Waals surface area contributed by atoms with Crippen molar-refractivity contribution in [2.45, 2.75) is 38.8 Å². The van der Waals surface area contributed by atoms with Gasteiger partial charge in [-0.2, -0.15) is 0 Å². The van der Waals surface area contributed by atoms with E-state index in [1.54, 1.807) is 0 Å². The van der Waals surface area contributed by atoms with E-state index in [-0.39, 0.29) is 0 Å². The van der Waals surface area contributed by atoms with Crippen LogP contribution in [0.25, 0.3) is 0 Å². The summed E-state index contributed by atoms with van der Waals surface area (Å²) in [4.78, 5) is 0. The third kappa shape index (κ3) is 4.53. The van der Waals surface area contributed by atoms with Crippen molar-refractivity contribution in [3.8, 4) is 0 Å². The van der Waals surface area contributed by atoms with Gasteiger partial charge in [0, 0.05) is 0 Å². The molecule has 0 aromatic heterocycles. The van der Waals surface area contributed by atoms with Crippen LogP contribution < -0.4 is 5.19 Å². The van der Waals surface area contributed by atoms with E-state index in [1.807, 2.05) is 30.3 Å². The molecule has 0 saturated carbocycles. The molecule has 23 heavy (non-hydrogen) atoms. The van der Waals surface area contributed by atoms with Crippen molar-refractivity contribution >= 4 is 21.3 Å². The minimum Gasteiger partial charge on any atom is -0.384 e. The average Bonchev–Trinajstić information content (AvgIpc) is 2.53. The molecule has 2 aromatic rings. The first-order valence-electron chi connectivity index (χ1n) is 8.23. The molecule has 1 atom stereocenters. The first kappa shape index (κ1) is 17.9. The van der Waals surface area contributed by atoms with Crippen LogP contribution in [0.3, 0.4) is 0 Å². The van der Waals surface area contributed by atoms with Gasteiger partial charge in [0.05, 0.1) is 14.2 Å². The number of rotatable bonds is 5. The van der Waals surface area contributed by atoms with Gasteiger partial charge in [-0.05, 0) is 5.56 Å². The Labute approximate surface area is 142 Å². The highest BCUT2D eigenvalue weighted by atomic mass is 28.3. The van der Waals surface area contributed by atoms with Crippen molar-refractivity contribution in [2.24, 2.45) is 0 Å². The summed E-state index contributed by atoms with van der Waals surface area (Å²) < 4.78 is 0. The molecule has 2 rings (SSSR count). The molecule has 0 spiro atoms. The van der Waals surface area contributed by atoms with E-state index in [9.17, 15) is 5.11 Å². The van der Waals surface area contributed by atoms with Crippen molar-refractivity contribution in [3.05, 3.63) is 77.1 Å². The fourth-order valence-corrected chi connectivity index (χ4v) is 8.95. The molecule has 2 aromatic carbocycles. The third-order valence-electron chi connectivity index (χ3n) is 4.22. The zero-order valence-corrected chi connectivity index (χ0v) is 16.9. The molecule has 0 aliphatic heterocycles. The van der Waals surface area contributed by atoms with Gasteiger partial charge in [-0.15, -0.1) is 0 Å². The van der Waals surface area contributed by atoms with Crippen molar-refractivity contribution < 1.29 is 5.11 Å². The summed E-state index contributed by atoms with van der Waals surface area (Å²) in [6.45, 7) is 11.7. The molecule has 1 N–H and O–H groups in total. The molecule has 0 radical (unpaired) electrons. The Morgan fingerprint density at radius 3 is 1.78 bits per heavy atom. The van der Waals surface area contributed by atoms with Crippen molar-refractivity contribution in [2.75, 3.05) is 0 Å². The van der Waals surface area contributed by atoms with Gasteiger partial charge in [0.1, 0.15) is 8.07 Å². The predicted octanol–water partition coefficient (Wildman–Crippen LogP) is 4.68. The van der Waals surface area contributed by atoms with E-state index in [4.69, 9.17) is 0 Å². The van der Waals surface area contributed by atoms with Crippen LogP contribution in [-0.2, 0) is 0 Å². The molecular formula is C20H28OSi2. The van der Waals surface area contributed by atoms with E-state index < -0.39 is 22.3 Å². The van der Waals surface area contributed by atoms with Crippen molar-refractivity contribution in [3.63, 3.8) is 0 Å². The molecule has 1 nitrogen and oxygen atoms in total. The molecular weight excluding hydrogens is 312 g/mol. The van der Waals surface area contributed by atoms with Crippen molar-refractivity contribution in [1.29, 1.82) is 0 Å².